The molecule has 2 aromatic carbocycles. The Bertz CT molecular complexity index is 1380. The Labute approximate surface area is 171 Å². The molecule has 0 bridgehead atoms. The Morgan fingerprint density at radius 1 is 1.03 bits per heavy atom. The lowest BCUT2D eigenvalue weighted by atomic mass is 10.1. The van der Waals surface area contributed by atoms with Gasteiger partial charge in [-0.3, -0.25) is 19.4 Å². The molecule has 0 unspecified atom stereocenters. The number of hydrogen-bond donors (Lipinski definition) is 5. The molecular formula is C20H14N2O7S. The Morgan fingerprint density at radius 2 is 1.73 bits per heavy atom. The minimum Gasteiger partial charge on any atom is -0.504 e. The summed E-state index contributed by atoms with van der Waals surface area (Å²) in [6, 6.07) is 9.82. The van der Waals surface area contributed by atoms with Crippen LogP contribution in [0.25, 0.3) is 11.0 Å². The van der Waals surface area contributed by atoms with Crippen LogP contribution in [0.1, 0.15) is 21.0 Å². The third kappa shape index (κ3) is 3.76. The molecule has 30 heavy (non-hydrogen) atoms. The zero-order chi connectivity index (χ0) is 21.4. The van der Waals surface area contributed by atoms with Crippen molar-refractivity contribution in [1.82, 2.24) is 4.98 Å². The van der Waals surface area contributed by atoms with Gasteiger partial charge in [0.05, 0.1) is 10.3 Å². The fourth-order valence-electron chi connectivity index (χ4n) is 2.85. The van der Waals surface area contributed by atoms with Gasteiger partial charge in [0, 0.05) is 24.2 Å². The van der Waals surface area contributed by atoms with E-state index in [0.29, 0.717) is 17.0 Å². The molecule has 9 nitrogen and oxygen atoms in total. The number of amides is 1. The van der Waals surface area contributed by atoms with Gasteiger partial charge in [-0.1, -0.05) is 23.5 Å². The van der Waals surface area contributed by atoms with Crippen LogP contribution in [0.3, 0.4) is 0 Å². The number of phenols is 2. The number of carbonyl (C=O) groups is 1. The molecule has 10 heteroatoms. The minimum absolute atomic E-state index is 0.0292. The Kier molecular flexibility index (Phi) is 4.76. The lowest BCUT2D eigenvalue weighted by molar-refractivity contribution is 0.0997. The van der Waals surface area contributed by atoms with Crippen LogP contribution >= 0.6 is 11.3 Å². The van der Waals surface area contributed by atoms with Crippen LogP contribution in [-0.4, -0.2) is 26.2 Å². The number of aromatic hydroxyl groups is 3. The average molecular weight is 426 g/mol. The monoisotopic (exact) mass is 426 g/mol. The van der Waals surface area contributed by atoms with E-state index in [1.807, 2.05) is 0 Å². The number of aromatic amines is 1. The minimum atomic E-state index is -0.671. The highest BCUT2D eigenvalue weighted by Crippen LogP contribution is 2.29. The van der Waals surface area contributed by atoms with E-state index in [4.69, 9.17) is 4.42 Å². The number of nitrogens with one attached hydrogen (secondary N) is 2. The molecule has 0 spiro atoms. The molecule has 5 N–H and O–H groups in total. The molecule has 4 rings (SSSR count). The van der Waals surface area contributed by atoms with Gasteiger partial charge in [-0.15, -0.1) is 0 Å². The van der Waals surface area contributed by atoms with Gasteiger partial charge in [-0.25, -0.2) is 0 Å². The average Bonchev–Trinajstić information content (AvgIpc) is 3.01. The maximum Gasteiger partial charge on any atom is 0.307 e. The standard InChI is InChI=1S/C20H14N2O7S/c23-12-7-16(29-15-8-14(25)13(24)6-11(12)15)18(26)21-10-3-1-9(2-4-10)5-17-19(27)22-20(28)30-17/h1-4,6-8,24-25,27H,5H2,(H,21,26)(H,22,28). The van der Waals surface area contributed by atoms with E-state index in [9.17, 15) is 29.7 Å². The van der Waals surface area contributed by atoms with Gasteiger partial charge in [-0.2, -0.15) is 0 Å². The van der Waals surface area contributed by atoms with E-state index in [1.165, 1.54) is 0 Å². The van der Waals surface area contributed by atoms with E-state index in [-0.39, 0.29) is 27.5 Å². The second-order valence-corrected chi connectivity index (χ2v) is 7.49. The Morgan fingerprint density at radius 3 is 2.40 bits per heavy atom. The molecule has 0 aliphatic heterocycles. The van der Waals surface area contributed by atoms with Crippen molar-refractivity contribution in [1.29, 1.82) is 0 Å². The van der Waals surface area contributed by atoms with Crippen LogP contribution in [-0.2, 0) is 6.42 Å². The zero-order valence-corrected chi connectivity index (χ0v) is 15.9. The van der Waals surface area contributed by atoms with Crippen LogP contribution in [0.4, 0.5) is 5.69 Å². The normalized spacial score (nSPS) is 10.9. The summed E-state index contributed by atoms with van der Waals surface area (Å²) in [6.07, 6.45) is 0.347. The highest BCUT2D eigenvalue weighted by molar-refractivity contribution is 7.09. The van der Waals surface area contributed by atoms with Crippen molar-refractivity contribution in [2.24, 2.45) is 0 Å². The molecule has 0 saturated carbocycles. The van der Waals surface area contributed by atoms with Gasteiger partial charge in [0.15, 0.2) is 22.7 Å². The van der Waals surface area contributed by atoms with Crippen molar-refractivity contribution in [3.63, 3.8) is 0 Å². The molecule has 0 saturated heterocycles. The van der Waals surface area contributed by atoms with Gasteiger partial charge in [0.1, 0.15) is 5.58 Å². The third-order valence-electron chi connectivity index (χ3n) is 4.33. The smallest absolute Gasteiger partial charge is 0.307 e. The number of H-pyrrole nitrogens is 1. The van der Waals surface area contributed by atoms with Crippen molar-refractivity contribution < 1.29 is 24.5 Å². The van der Waals surface area contributed by atoms with Crippen LogP contribution < -0.4 is 15.6 Å². The van der Waals surface area contributed by atoms with Crippen molar-refractivity contribution in [2.75, 3.05) is 5.32 Å². The number of benzene rings is 2. The van der Waals surface area contributed by atoms with E-state index in [1.54, 1.807) is 24.3 Å². The first-order valence-electron chi connectivity index (χ1n) is 8.61. The quantitative estimate of drug-likeness (QED) is 0.314. The van der Waals surface area contributed by atoms with Crippen molar-refractivity contribution in [2.45, 2.75) is 6.42 Å². The molecule has 4 aromatic rings. The molecule has 0 aliphatic rings. The van der Waals surface area contributed by atoms with E-state index in [2.05, 4.69) is 10.3 Å². The first-order chi connectivity index (χ1) is 14.3. The molecule has 0 aliphatic carbocycles. The maximum atomic E-state index is 12.5. The Balaban J connectivity index is 1.53. The summed E-state index contributed by atoms with van der Waals surface area (Å²) in [6.45, 7) is 0. The second kappa shape index (κ2) is 7.41. The summed E-state index contributed by atoms with van der Waals surface area (Å²) < 4.78 is 5.39. The molecule has 2 heterocycles. The van der Waals surface area contributed by atoms with Gasteiger partial charge in [0.25, 0.3) is 5.91 Å². The summed E-state index contributed by atoms with van der Waals surface area (Å²) in [7, 11) is 0. The number of fused-ring (bicyclic) bond motifs is 1. The molecule has 0 atom stereocenters. The molecular weight excluding hydrogens is 412 g/mol. The number of anilines is 1. The van der Waals surface area contributed by atoms with Gasteiger partial charge in [-0.05, 0) is 23.8 Å². The summed E-state index contributed by atoms with van der Waals surface area (Å²) in [4.78, 5) is 38.4. The summed E-state index contributed by atoms with van der Waals surface area (Å²) in [5.74, 6) is -2.03. The molecule has 0 radical (unpaired) electrons. The molecule has 152 valence electrons. The maximum absolute atomic E-state index is 12.5. The molecule has 0 fully saturated rings. The van der Waals surface area contributed by atoms with Crippen molar-refractivity contribution >= 4 is 33.9 Å². The largest absolute Gasteiger partial charge is 0.504 e. The number of rotatable bonds is 4. The SMILES string of the molecule is O=C(Nc1ccc(Cc2sc(=O)[nH]c2O)cc1)c1cc(=O)c2cc(O)c(O)cc2o1. The van der Waals surface area contributed by atoms with Gasteiger partial charge >= 0.3 is 4.87 Å². The number of carbonyl (C=O) groups excluding carboxylic acids is 1. The van der Waals surface area contributed by atoms with E-state index in [0.717, 1.165) is 35.1 Å². The number of aromatic nitrogens is 1. The fraction of sp³-hybridized carbons (Fsp3) is 0.0500. The molecule has 2 aromatic heterocycles. The van der Waals surface area contributed by atoms with Gasteiger partial charge < -0.3 is 25.1 Å². The van der Waals surface area contributed by atoms with Gasteiger partial charge in [0.2, 0.25) is 5.88 Å². The number of thiazole rings is 1. The first kappa shape index (κ1) is 19.3. The topological polar surface area (TPSA) is 153 Å². The molecule has 1 amide bonds. The van der Waals surface area contributed by atoms with Crippen molar-refractivity contribution in [3.8, 4) is 17.4 Å². The van der Waals surface area contributed by atoms with E-state index < -0.39 is 22.8 Å². The van der Waals surface area contributed by atoms with Crippen LogP contribution in [0.2, 0.25) is 0 Å². The third-order valence-corrected chi connectivity index (χ3v) is 5.20. The number of hydrogen-bond acceptors (Lipinski definition) is 8. The predicted octanol–water partition coefficient (Wildman–Crippen LogP) is 2.50. The summed E-state index contributed by atoms with van der Waals surface area (Å²) in [5, 5.41) is 31.4. The second-order valence-electron chi connectivity index (χ2n) is 6.43. The van der Waals surface area contributed by atoms with Crippen LogP contribution in [0.15, 0.2) is 56.5 Å². The van der Waals surface area contributed by atoms with E-state index >= 15 is 0 Å². The predicted molar refractivity (Wildman–Crippen MR) is 110 cm³/mol. The van der Waals surface area contributed by atoms with Crippen LogP contribution in [0.5, 0.6) is 17.4 Å². The summed E-state index contributed by atoms with van der Waals surface area (Å²) >= 11 is 0.919. The lowest BCUT2D eigenvalue weighted by Crippen LogP contribution is -2.15. The number of phenolic OH excluding ortho intramolecular Hbond substituents is 2. The van der Waals surface area contributed by atoms with Crippen molar-refractivity contribution in [3.05, 3.63) is 78.6 Å². The lowest BCUT2D eigenvalue weighted by Gasteiger charge is -2.07. The Hall–Kier alpha value is -4.05. The zero-order valence-electron chi connectivity index (χ0n) is 15.1. The summed E-state index contributed by atoms with van der Waals surface area (Å²) in [5.41, 5.74) is 0.665. The first-order valence-corrected chi connectivity index (χ1v) is 9.43. The highest BCUT2D eigenvalue weighted by Gasteiger charge is 2.15. The highest BCUT2D eigenvalue weighted by atomic mass is 32.1. The van der Waals surface area contributed by atoms with Crippen LogP contribution in [0, 0.1) is 0 Å². The fourth-order valence-corrected chi connectivity index (χ4v) is 3.61.